The third-order valence-electron chi connectivity index (χ3n) is 1.65. The first-order chi connectivity index (χ1) is 7.86. The summed E-state index contributed by atoms with van der Waals surface area (Å²) in [5.41, 5.74) is 0. The van der Waals surface area contributed by atoms with Gasteiger partial charge in [0.1, 0.15) is 0 Å². The van der Waals surface area contributed by atoms with Crippen molar-refractivity contribution in [2.45, 2.75) is 66.0 Å². The van der Waals surface area contributed by atoms with E-state index >= 15 is 0 Å². The van der Waals surface area contributed by atoms with E-state index in [1.165, 1.54) is 0 Å². The smallest absolute Gasteiger partial charge is 0.371 e. The zero-order valence-electron chi connectivity index (χ0n) is 11.2. The first-order valence-electron chi connectivity index (χ1n) is 5.92. The van der Waals surface area contributed by atoms with Crippen molar-refractivity contribution in [3.63, 3.8) is 0 Å². The van der Waals surface area contributed by atoms with Crippen molar-refractivity contribution in [2.24, 2.45) is 0 Å². The van der Waals surface area contributed by atoms with Crippen molar-refractivity contribution in [1.82, 2.24) is 0 Å². The third-order valence-corrected chi connectivity index (χ3v) is 1.65. The normalized spacial score (nSPS) is 11.3. The monoisotopic (exact) mass is 246 g/mol. The lowest BCUT2D eigenvalue weighted by atomic mass is 10.3. The largest absolute Gasteiger partial charge is 0.389 e. The zero-order chi connectivity index (χ0) is 13.4. The fourth-order valence-electron chi connectivity index (χ4n) is 1.05. The maximum Gasteiger partial charge on any atom is 0.371 e. The van der Waals surface area contributed by atoms with Crippen LogP contribution in [0.15, 0.2) is 0 Å². The van der Waals surface area contributed by atoms with E-state index in [-0.39, 0.29) is 18.6 Å². The summed E-state index contributed by atoms with van der Waals surface area (Å²) in [5.74, 6) is -1.34. The molecule has 0 saturated heterocycles. The number of rotatable bonds is 7. The van der Waals surface area contributed by atoms with E-state index in [4.69, 9.17) is 9.47 Å². The van der Waals surface area contributed by atoms with Gasteiger partial charge in [-0.15, -0.1) is 0 Å². The van der Waals surface area contributed by atoms with Crippen LogP contribution >= 0.6 is 0 Å². The van der Waals surface area contributed by atoms with E-state index in [2.05, 4.69) is 4.74 Å². The Balaban J connectivity index is 4.36. The van der Waals surface area contributed by atoms with Crippen molar-refractivity contribution in [1.29, 1.82) is 0 Å². The van der Waals surface area contributed by atoms with Gasteiger partial charge in [0.25, 0.3) is 6.29 Å². The molecule has 5 heteroatoms. The molecule has 5 nitrogen and oxygen atoms in total. The molecule has 0 amide bonds. The highest BCUT2D eigenvalue weighted by Crippen LogP contribution is 2.07. The lowest BCUT2D eigenvalue weighted by Crippen LogP contribution is -2.35. The Bertz CT molecular complexity index is 237. The predicted molar refractivity (Wildman–Crippen MR) is 62.2 cm³/mol. The summed E-state index contributed by atoms with van der Waals surface area (Å²) < 4.78 is 15.1. The molecule has 0 unspecified atom stereocenters. The maximum absolute atomic E-state index is 11.6. The van der Waals surface area contributed by atoms with Gasteiger partial charge in [-0.05, 0) is 34.1 Å². The van der Waals surface area contributed by atoms with Crippen LogP contribution in [0.5, 0.6) is 0 Å². The lowest BCUT2D eigenvalue weighted by Gasteiger charge is -2.20. The quantitative estimate of drug-likeness (QED) is 0.391. The first-order valence-corrected chi connectivity index (χ1v) is 5.92. The molecule has 0 radical (unpaired) electrons. The molecule has 0 aliphatic heterocycles. The summed E-state index contributed by atoms with van der Waals surface area (Å²) in [7, 11) is 0. The van der Waals surface area contributed by atoms with Gasteiger partial charge in [0.05, 0.1) is 12.2 Å². The Morgan fingerprint density at radius 3 is 1.82 bits per heavy atom. The highest BCUT2D eigenvalue weighted by atomic mass is 16.7. The zero-order valence-corrected chi connectivity index (χ0v) is 11.2. The van der Waals surface area contributed by atoms with Gasteiger partial charge in [-0.25, -0.2) is 4.79 Å². The van der Waals surface area contributed by atoms with Gasteiger partial charge < -0.3 is 14.2 Å². The number of carbonyl (C=O) groups is 2. The van der Waals surface area contributed by atoms with Crippen LogP contribution in [-0.2, 0) is 23.8 Å². The molecule has 0 spiro atoms. The second-order valence-electron chi connectivity index (χ2n) is 4.24. The lowest BCUT2D eigenvalue weighted by molar-refractivity contribution is -0.212. The van der Waals surface area contributed by atoms with E-state index < -0.39 is 18.2 Å². The Kier molecular flexibility index (Phi) is 7.74. The Labute approximate surface area is 102 Å². The van der Waals surface area contributed by atoms with Crippen LogP contribution < -0.4 is 0 Å². The molecule has 0 rings (SSSR count). The van der Waals surface area contributed by atoms with Gasteiger partial charge in [0.2, 0.25) is 0 Å². The van der Waals surface area contributed by atoms with E-state index in [0.717, 1.165) is 0 Å². The number of hydrogen-bond donors (Lipinski definition) is 0. The van der Waals surface area contributed by atoms with Crippen LogP contribution in [0.4, 0.5) is 0 Å². The molecular weight excluding hydrogens is 224 g/mol. The molecule has 0 atom stereocenters. The van der Waals surface area contributed by atoms with Gasteiger partial charge in [-0.1, -0.05) is 6.92 Å². The second-order valence-corrected chi connectivity index (χ2v) is 4.24. The van der Waals surface area contributed by atoms with Crippen molar-refractivity contribution in [3.05, 3.63) is 0 Å². The minimum absolute atomic E-state index is 0.187. The predicted octanol–water partition coefficient (Wildman–Crippen LogP) is 2.03. The fourth-order valence-corrected chi connectivity index (χ4v) is 1.05. The number of esters is 2. The highest BCUT2D eigenvalue weighted by Gasteiger charge is 2.26. The van der Waals surface area contributed by atoms with Crippen LogP contribution in [0.25, 0.3) is 0 Å². The SMILES string of the molecule is CCCC(=O)OC(=O)C(OC(C)C)OC(C)C. The molecule has 100 valence electrons. The van der Waals surface area contributed by atoms with E-state index in [0.29, 0.717) is 6.42 Å². The molecule has 17 heavy (non-hydrogen) atoms. The molecule has 0 aliphatic carbocycles. The molecule has 0 N–H and O–H groups in total. The molecule has 0 bridgehead atoms. The van der Waals surface area contributed by atoms with Gasteiger partial charge in [-0.3, -0.25) is 4.79 Å². The summed E-state index contributed by atoms with van der Waals surface area (Å²) in [6.07, 6.45) is -0.676. The highest BCUT2D eigenvalue weighted by molar-refractivity contribution is 5.87. The minimum Gasteiger partial charge on any atom is -0.389 e. The molecule has 0 saturated carbocycles. The van der Waals surface area contributed by atoms with E-state index in [9.17, 15) is 9.59 Å². The molecule has 0 aliphatic rings. The van der Waals surface area contributed by atoms with Gasteiger partial charge in [0, 0.05) is 6.42 Å². The number of hydrogen-bond acceptors (Lipinski definition) is 5. The Morgan fingerprint density at radius 1 is 1.00 bits per heavy atom. The average molecular weight is 246 g/mol. The summed E-state index contributed by atoms with van der Waals surface area (Å²) in [6, 6.07) is 0. The fraction of sp³-hybridized carbons (Fsp3) is 0.833. The minimum atomic E-state index is -1.14. The average Bonchev–Trinajstić information content (AvgIpc) is 2.15. The van der Waals surface area contributed by atoms with Crippen molar-refractivity contribution in [3.8, 4) is 0 Å². The van der Waals surface area contributed by atoms with Crippen LogP contribution in [0.3, 0.4) is 0 Å². The van der Waals surface area contributed by atoms with Crippen LogP contribution in [-0.4, -0.2) is 30.4 Å². The number of ether oxygens (including phenoxy) is 3. The van der Waals surface area contributed by atoms with E-state index in [1.807, 2.05) is 6.92 Å². The van der Waals surface area contributed by atoms with Crippen LogP contribution in [0, 0.1) is 0 Å². The van der Waals surface area contributed by atoms with Gasteiger partial charge >= 0.3 is 11.9 Å². The second kappa shape index (κ2) is 8.20. The van der Waals surface area contributed by atoms with Gasteiger partial charge in [0.15, 0.2) is 0 Å². The van der Waals surface area contributed by atoms with Crippen molar-refractivity contribution < 1.29 is 23.8 Å². The molecule has 0 heterocycles. The Morgan fingerprint density at radius 2 is 1.47 bits per heavy atom. The topological polar surface area (TPSA) is 61.8 Å². The molecular formula is C12H22O5. The van der Waals surface area contributed by atoms with Crippen LogP contribution in [0.2, 0.25) is 0 Å². The van der Waals surface area contributed by atoms with Crippen molar-refractivity contribution >= 4 is 11.9 Å². The summed E-state index contributed by atoms with van der Waals surface area (Å²) in [6.45, 7) is 8.93. The molecule has 0 aromatic carbocycles. The summed E-state index contributed by atoms with van der Waals surface area (Å²) in [5, 5.41) is 0. The summed E-state index contributed by atoms with van der Waals surface area (Å²) >= 11 is 0. The first kappa shape index (κ1) is 16.1. The van der Waals surface area contributed by atoms with Crippen molar-refractivity contribution in [2.75, 3.05) is 0 Å². The summed E-state index contributed by atoms with van der Waals surface area (Å²) in [4.78, 5) is 22.8. The van der Waals surface area contributed by atoms with Gasteiger partial charge in [-0.2, -0.15) is 0 Å². The third kappa shape index (κ3) is 7.88. The maximum atomic E-state index is 11.6. The Hall–Kier alpha value is -0.940. The molecule has 0 aromatic heterocycles. The molecule has 0 aromatic rings. The van der Waals surface area contributed by atoms with E-state index in [1.54, 1.807) is 27.7 Å². The van der Waals surface area contributed by atoms with Crippen LogP contribution in [0.1, 0.15) is 47.5 Å². The number of carbonyl (C=O) groups excluding carboxylic acids is 2. The standard InChI is InChI=1S/C12H22O5/c1-6-7-10(13)17-11(14)12(15-8(2)3)16-9(4)5/h8-9,12H,6-7H2,1-5H3. The molecule has 0 fully saturated rings.